The smallest absolute Gasteiger partial charge is 0.416 e. The van der Waals surface area contributed by atoms with Crippen LogP contribution in [0.5, 0.6) is 0 Å². The molecule has 1 heterocycles. The average Bonchev–Trinajstić information content (AvgIpc) is 3.55. The van der Waals surface area contributed by atoms with Crippen molar-refractivity contribution >= 4 is 23.6 Å². The Labute approximate surface area is 259 Å². The number of carbonyl (C=O) groups excluding carboxylic acids is 3. The number of amides is 3. The van der Waals surface area contributed by atoms with Crippen LogP contribution < -0.4 is 10.2 Å². The summed E-state index contributed by atoms with van der Waals surface area (Å²) in [4.78, 5) is 50.4. The van der Waals surface area contributed by atoms with Gasteiger partial charge < -0.3 is 24.8 Å². The van der Waals surface area contributed by atoms with E-state index in [9.17, 15) is 27.6 Å². The molecule has 4 aromatic rings. The number of imidazole rings is 1. The molecule has 0 fully saturated rings. The lowest BCUT2D eigenvalue weighted by Crippen LogP contribution is -2.52. The van der Waals surface area contributed by atoms with Gasteiger partial charge in [-0.2, -0.15) is 13.2 Å². The molecule has 1 atom stereocenters. The second-order valence-corrected chi connectivity index (χ2v) is 10.3. The SMILES string of the molecule is CCCN(C(=O)CN(Cc1ccc(C(F)(F)F)cc1)C(=O)C(Cc1cnc[nH]1)NC(=O)OCc1ccccc1)c1ccccc1. The molecule has 1 aromatic heterocycles. The Balaban J connectivity index is 1.60. The van der Waals surface area contributed by atoms with Crippen molar-refractivity contribution < 1.29 is 32.3 Å². The van der Waals surface area contributed by atoms with Crippen molar-refractivity contribution in [3.8, 4) is 0 Å². The number of alkyl carbamates (subject to hydrolysis) is 1. The van der Waals surface area contributed by atoms with Gasteiger partial charge in [0, 0.05) is 37.1 Å². The van der Waals surface area contributed by atoms with Crippen LogP contribution in [-0.4, -0.2) is 51.9 Å². The van der Waals surface area contributed by atoms with Gasteiger partial charge in [-0.1, -0.05) is 67.6 Å². The first-order valence-electron chi connectivity index (χ1n) is 14.4. The number of ether oxygens (including phenoxy) is 1. The van der Waals surface area contributed by atoms with E-state index >= 15 is 0 Å². The fraction of sp³-hybridized carbons (Fsp3) is 0.273. The minimum atomic E-state index is -4.53. The highest BCUT2D eigenvalue weighted by Gasteiger charge is 2.32. The Hall–Kier alpha value is -5.13. The maximum Gasteiger partial charge on any atom is 0.416 e. The molecular formula is C33H34F3N5O4. The Morgan fingerprint density at radius 3 is 2.20 bits per heavy atom. The molecule has 1 unspecified atom stereocenters. The molecule has 0 aliphatic carbocycles. The molecule has 0 spiro atoms. The third-order valence-corrected chi connectivity index (χ3v) is 6.89. The lowest BCUT2D eigenvalue weighted by molar-refractivity contribution is -0.138. The highest BCUT2D eigenvalue weighted by atomic mass is 19.4. The van der Waals surface area contributed by atoms with Crippen LogP contribution in [0.4, 0.5) is 23.7 Å². The van der Waals surface area contributed by atoms with Gasteiger partial charge in [-0.05, 0) is 41.8 Å². The number of nitrogens with zero attached hydrogens (tertiary/aromatic N) is 3. The normalized spacial score (nSPS) is 11.8. The summed E-state index contributed by atoms with van der Waals surface area (Å²) in [5.41, 5.74) is 1.46. The van der Waals surface area contributed by atoms with Crippen molar-refractivity contribution in [3.05, 3.63) is 120 Å². The van der Waals surface area contributed by atoms with Gasteiger partial charge in [0.05, 0.1) is 11.9 Å². The van der Waals surface area contributed by atoms with Crippen LogP contribution in [0, 0.1) is 0 Å². The number of hydrogen-bond donors (Lipinski definition) is 2. The van der Waals surface area contributed by atoms with E-state index in [1.54, 1.807) is 53.4 Å². The highest BCUT2D eigenvalue weighted by molar-refractivity contribution is 5.97. The number of halogens is 3. The standard InChI is InChI=1S/C33H34F3N5O4/c1-2-17-41(28-11-7-4-8-12-28)30(42)21-40(20-24-13-15-26(16-14-24)33(34,35)36)31(43)29(18-27-19-37-23-38-27)39-32(44)45-22-25-9-5-3-6-10-25/h3-16,19,23,29H,2,17-18,20-22H2,1H3,(H,37,38)(H,39,44). The molecule has 4 rings (SSSR count). The number of aromatic amines is 1. The summed E-state index contributed by atoms with van der Waals surface area (Å²) < 4.78 is 45.0. The van der Waals surface area contributed by atoms with E-state index < -0.39 is 42.2 Å². The fourth-order valence-corrected chi connectivity index (χ4v) is 4.65. The zero-order valence-electron chi connectivity index (χ0n) is 24.7. The monoisotopic (exact) mass is 621 g/mol. The Morgan fingerprint density at radius 1 is 0.933 bits per heavy atom. The number of anilines is 1. The van der Waals surface area contributed by atoms with Gasteiger partial charge >= 0.3 is 12.3 Å². The third-order valence-electron chi connectivity index (χ3n) is 6.89. The van der Waals surface area contributed by atoms with Crippen molar-refractivity contribution in [1.29, 1.82) is 0 Å². The lowest BCUT2D eigenvalue weighted by Gasteiger charge is -2.30. The molecule has 0 bridgehead atoms. The van der Waals surface area contributed by atoms with E-state index in [1.807, 2.05) is 19.1 Å². The van der Waals surface area contributed by atoms with E-state index in [0.29, 0.717) is 29.9 Å². The first kappa shape index (κ1) is 32.8. The average molecular weight is 622 g/mol. The summed E-state index contributed by atoms with van der Waals surface area (Å²) >= 11 is 0. The van der Waals surface area contributed by atoms with E-state index in [1.165, 1.54) is 29.6 Å². The number of aromatic nitrogens is 2. The molecule has 3 amide bonds. The largest absolute Gasteiger partial charge is 0.445 e. The predicted molar refractivity (Wildman–Crippen MR) is 162 cm³/mol. The summed E-state index contributed by atoms with van der Waals surface area (Å²) in [6, 6.07) is 21.2. The molecule has 0 aliphatic heterocycles. The molecule has 9 nitrogen and oxygen atoms in total. The van der Waals surface area contributed by atoms with Crippen molar-refractivity contribution in [2.75, 3.05) is 18.0 Å². The number of rotatable bonds is 13. The number of hydrogen-bond acceptors (Lipinski definition) is 5. The van der Waals surface area contributed by atoms with Gasteiger partial charge in [0.1, 0.15) is 19.2 Å². The van der Waals surface area contributed by atoms with Crippen molar-refractivity contribution in [3.63, 3.8) is 0 Å². The summed E-state index contributed by atoms with van der Waals surface area (Å²) in [6.45, 7) is 1.69. The molecule has 0 aliphatic rings. The zero-order valence-corrected chi connectivity index (χ0v) is 24.7. The number of para-hydroxylation sites is 1. The number of H-pyrrole nitrogens is 1. The van der Waals surface area contributed by atoms with Crippen molar-refractivity contribution in [2.24, 2.45) is 0 Å². The number of benzene rings is 3. The number of alkyl halides is 3. The van der Waals surface area contributed by atoms with E-state index in [4.69, 9.17) is 4.74 Å². The lowest BCUT2D eigenvalue weighted by atomic mass is 10.1. The van der Waals surface area contributed by atoms with Crippen LogP contribution in [0.3, 0.4) is 0 Å². The summed E-state index contributed by atoms with van der Waals surface area (Å²) in [7, 11) is 0. The van der Waals surface area contributed by atoms with E-state index in [-0.39, 0.29) is 19.6 Å². The second kappa shape index (κ2) is 15.6. The summed E-state index contributed by atoms with van der Waals surface area (Å²) in [5, 5.41) is 2.61. The van der Waals surface area contributed by atoms with Crippen molar-refractivity contribution in [2.45, 2.75) is 45.1 Å². The predicted octanol–water partition coefficient (Wildman–Crippen LogP) is 5.74. The third kappa shape index (κ3) is 9.68. The Kier molecular flexibility index (Phi) is 11.3. The van der Waals surface area contributed by atoms with E-state index in [2.05, 4.69) is 15.3 Å². The van der Waals surface area contributed by atoms with Crippen LogP contribution >= 0.6 is 0 Å². The quantitative estimate of drug-likeness (QED) is 0.198. The van der Waals surface area contributed by atoms with Gasteiger partial charge in [0.25, 0.3) is 0 Å². The molecule has 0 saturated carbocycles. The molecule has 12 heteroatoms. The summed E-state index contributed by atoms with van der Waals surface area (Å²) in [5.74, 6) is -1.02. The van der Waals surface area contributed by atoms with Crippen LogP contribution in [-0.2, 0) is 40.1 Å². The van der Waals surface area contributed by atoms with Gasteiger partial charge in [-0.3, -0.25) is 9.59 Å². The number of nitrogens with one attached hydrogen (secondary N) is 2. The molecule has 2 N–H and O–H groups in total. The van der Waals surface area contributed by atoms with Crippen LogP contribution in [0.1, 0.15) is 35.7 Å². The maximum atomic E-state index is 14.1. The van der Waals surface area contributed by atoms with Crippen LogP contribution in [0.2, 0.25) is 0 Å². The molecule has 3 aromatic carbocycles. The van der Waals surface area contributed by atoms with Crippen LogP contribution in [0.15, 0.2) is 97.5 Å². The van der Waals surface area contributed by atoms with Gasteiger partial charge in [0.15, 0.2) is 0 Å². The Bertz CT molecular complexity index is 1520. The first-order valence-corrected chi connectivity index (χ1v) is 14.4. The van der Waals surface area contributed by atoms with Gasteiger partial charge in [-0.15, -0.1) is 0 Å². The second-order valence-electron chi connectivity index (χ2n) is 10.3. The minimum absolute atomic E-state index is 0.00562. The summed E-state index contributed by atoms with van der Waals surface area (Å²) in [6.07, 6.45) is -1.81. The highest BCUT2D eigenvalue weighted by Crippen LogP contribution is 2.29. The topological polar surface area (TPSA) is 108 Å². The molecule has 0 saturated heterocycles. The molecule has 0 radical (unpaired) electrons. The van der Waals surface area contributed by atoms with Crippen molar-refractivity contribution in [1.82, 2.24) is 20.2 Å². The fourth-order valence-electron chi connectivity index (χ4n) is 4.65. The Morgan fingerprint density at radius 2 is 1.60 bits per heavy atom. The molecule has 45 heavy (non-hydrogen) atoms. The van der Waals surface area contributed by atoms with Gasteiger partial charge in [-0.25, -0.2) is 9.78 Å². The number of carbonyl (C=O) groups is 3. The minimum Gasteiger partial charge on any atom is -0.445 e. The van der Waals surface area contributed by atoms with Crippen LogP contribution in [0.25, 0.3) is 0 Å². The first-order chi connectivity index (χ1) is 21.6. The molecule has 236 valence electrons. The molecular weight excluding hydrogens is 587 g/mol. The van der Waals surface area contributed by atoms with E-state index in [0.717, 1.165) is 17.7 Å². The zero-order chi connectivity index (χ0) is 32.2. The maximum absolute atomic E-state index is 14.1. The van der Waals surface area contributed by atoms with Gasteiger partial charge in [0.2, 0.25) is 11.8 Å².